The van der Waals surface area contributed by atoms with Gasteiger partial charge in [0, 0.05) is 30.9 Å². The van der Waals surface area contributed by atoms with Gasteiger partial charge in [0.25, 0.3) is 0 Å². The van der Waals surface area contributed by atoms with E-state index in [2.05, 4.69) is 43.3 Å². The van der Waals surface area contributed by atoms with Gasteiger partial charge in [-0.25, -0.2) is 9.78 Å². The molecular formula is C19H29N3O3. The predicted molar refractivity (Wildman–Crippen MR) is 100 cm³/mol. The monoisotopic (exact) mass is 347 g/mol. The zero-order valence-electron chi connectivity index (χ0n) is 15.6. The van der Waals surface area contributed by atoms with Crippen molar-refractivity contribution in [3.8, 4) is 0 Å². The van der Waals surface area contributed by atoms with Crippen molar-refractivity contribution in [1.82, 2.24) is 10.3 Å². The van der Waals surface area contributed by atoms with Crippen LogP contribution >= 0.6 is 0 Å². The van der Waals surface area contributed by atoms with Gasteiger partial charge in [-0.2, -0.15) is 0 Å². The van der Waals surface area contributed by atoms with Crippen molar-refractivity contribution in [2.45, 2.75) is 52.4 Å². The summed E-state index contributed by atoms with van der Waals surface area (Å²) < 4.78 is 11.2. The van der Waals surface area contributed by atoms with Crippen LogP contribution in [0.4, 0.5) is 10.5 Å². The average Bonchev–Trinajstić information content (AvgIpc) is 2.97. The highest BCUT2D eigenvalue weighted by molar-refractivity contribution is 5.91. The van der Waals surface area contributed by atoms with Crippen molar-refractivity contribution < 1.29 is 13.9 Å². The molecule has 1 aromatic carbocycles. The molecule has 0 bridgehead atoms. The van der Waals surface area contributed by atoms with Crippen LogP contribution in [0, 0.1) is 0 Å². The topological polar surface area (TPSA) is 76.4 Å². The quantitative estimate of drug-likeness (QED) is 0.692. The number of rotatable bonds is 8. The van der Waals surface area contributed by atoms with E-state index < -0.39 is 0 Å². The highest BCUT2D eigenvalue weighted by Gasteiger charge is 2.21. The molecule has 0 aliphatic rings. The molecule has 2 rings (SSSR count). The normalized spacial score (nSPS) is 11.7. The number of aromatic nitrogens is 1. The number of urea groups is 1. The minimum absolute atomic E-state index is 0.150. The molecule has 6 heteroatoms. The van der Waals surface area contributed by atoms with Crippen LogP contribution in [-0.2, 0) is 10.2 Å². The fourth-order valence-electron chi connectivity index (χ4n) is 2.23. The highest BCUT2D eigenvalue weighted by atomic mass is 16.5. The summed E-state index contributed by atoms with van der Waals surface area (Å²) in [6, 6.07) is 5.23. The van der Waals surface area contributed by atoms with E-state index in [9.17, 15) is 4.79 Å². The minimum atomic E-state index is -0.229. The third kappa shape index (κ3) is 6.05. The first kappa shape index (κ1) is 19.2. The maximum atomic E-state index is 11.9. The Morgan fingerprint density at radius 2 is 2.00 bits per heavy atom. The van der Waals surface area contributed by atoms with Crippen molar-refractivity contribution in [2.75, 3.05) is 25.1 Å². The summed E-state index contributed by atoms with van der Waals surface area (Å²) in [5, 5.41) is 5.65. The summed E-state index contributed by atoms with van der Waals surface area (Å²) in [6.45, 7) is 10.3. The molecule has 0 fully saturated rings. The number of hydrogen-bond acceptors (Lipinski definition) is 4. The molecule has 0 aliphatic heterocycles. The molecule has 2 N–H and O–H groups in total. The van der Waals surface area contributed by atoms with Crippen LogP contribution in [-0.4, -0.2) is 30.8 Å². The van der Waals surface area contributed by atoms with E-state index >= 15 is 0 Å². The second-order valence-electron chi connectivity index (χ2n) is 7.15. The fourth-order valence-corrected chi connectivity index (χ4v) is 2.23. The van der Waals surface area contributed by atoms with Crippen molar-refractivity contribution in [1.29, 1.82) is 0 Å². The summed E-state index contributed by atoms with van der Waals surface area (Å²) in [5.41, 5.74) is 2.01. The van der Waals surface area contributed by atoms with E-state index in [1.54, 1.807) is 0 Å². The number of hydrogen-bond donors (Lipinski definition) is 2. The highest BCUT2D eigenvalue weighted by Crippen LogP contribution is 2.27. The molecule has 0 saturated carbocycles. The van der Waals surface area contributed by atoms with E-state index in [-0.39, 0.29) is 11.4 Å². The number of unbranched alkanes of at least 4 members (excludes halogenated alkanes) is 1. The summed E-state index contributed by atoms with van der Waals surface area (Å²) in [6.07, 6.45) is 3.01. The van der Waals surface area contributed by atoms with Crippen LogP contribution in [0.3, 0.4) is 0 Å². The van der Waals surface area contributed by atoms with Gasteiger partial charge >= 0.3 is 6.03 Å². The molecule has 0 spiro atoms. The molecule has 0 unspecified atom stereocenters. The number of anilines is 1. The standard InChI is InChI=1S/C19H29N3O3/c1-5-6-11-24-12-7-10-20-18(23)21-14-8-9-16-15(13-14)22-17(25-16)19(2,3)4/h8-9,13H,5-7,10-12H2,1-4H3,(H2,20,21,23). The van der Waals surface area contributed by atoms with Gasteiger partial charge in [0.15, 0.2) is 5.58 Å². The van der Waals surface area contributed by atoms with Crippen LogP contribution in [0.2, 0.25) is 0 Å². The van der Waals surface area contributed by atoms with Crippen LogP contribution in [0.25, 0.3) is 11.1 Å². The van der Waals surface area contributed by atoms with Gasteiger partial charge in [-0.05, 0) is 31.0 Å². The maximum absolute atomic E-state index is 11.9. The summed E-state index contributed by atoms with van der Waals surface area (Å²) in [5.74, 6) is 0.687. The molecule has 0 radical (unpaired) electrons. The molecule has 1 heterocycles. The van der Waals surface area contributed by atoms with Crippen molar-refractivity contribution in [2.24, 2.45) is 0 Å². The number of oxazole rings is 1. The number of fused-ring (bicyclic) bond motifs is 1. The number of amides is 2. The van der Waals surface area contributed by atoms with Gasteiger partial charge in [-0.3, -0.25) is 0 Å². The molecule has 0 saturated heterocycles. The van der Waals surface area contributed by atoms with E-state index in [1.807, 2.05) is 18.2 Å². The molecular weight excluding hydrogens is 318 g/mol. The average molecular weight is 347 g/mol. The lowest BCUT2D eigenvalue weighted by atomic mass is 9.97. The van der Waals surface area contributed by atoms with E-state index in [0.29, 0.717) is 24.7 Å². The van der Waals surface area contributed by atoms with Crippen LogP contribution < -0.4 is 10.6 Å². The molecule has 6 nitrogen and oxygen atoms in total. The molecule has 0 aliphatic carbocycles. The number of nitrogens with one attached hydrogen (secondary N) is 2. The lowest BCUT2D eigenvalue weighted by Crippen LogP contribution is -2.30. The molecule has 2 aromatic rings. The van der Waals surface area contributed by atoms with Gasteiger partial charge in [0.05, 0.1) is 0 Å². The third-order valence-electron chi connectivity index (χ3n) is 3.68. The van der Waals surface area contributed by atoms with Crippen molar-refractivity contribution >= 4 is 22.8 Å². The Hall–Kier alpha value is -2.08. The van der Waals surface area contributed by atoms with Crippen molar-refractivity contribution in [3.63, 3.8) is 0 Å². The number of carbonyl (C=O) groups excluding carboxylic acids is 1. The largest absolute Gasteiger partial charge is 0.440 e. The van der Waals surface area contributed by atoms with E-state index in [4.69, 9.17) is 9.15 Å². The first-order chi connectivity index (χ1) is 11.9. The maximum Gasteiger partial charge on any atom is 0.319 e. The third-order valence-corrected chi connectivity index (χ3v) is 3.68. The molecule has 138 valence electrons. The summed E-state index contributed by atoms with van der Waals surface area (Å²) in [7, 11) is 0. The van der Waals surface area contributed by atoms with Gasteiger partial charge in [-0.1, -0.05) is 34.1 Å². The Balaban J connectivity index is 1.80. The number of carbonyl (C=O) groups is 1. The summed E-state index contributed by atoms with van der Waals surface area (Å²) in [4.78, 5) is 16.4. The number of ether oxygens (including phenoxy) is 1. The van der Waals surface area contributed by atoms with E-state index in [0.717, 1.165) is 37.0 Å². The second kappa shape index (κ2) is 8.85. The Morgan fingerprint density at radius 3 is 2.72 bits per heavy atom. The first-order valence-corrected chi connectivity index (χ1v) is 8.94. The van der Waals surface area contributed by atoms with Gasteiger partial charge in [-0.15, -0.1) is 0 Å². The second-order valence-corrected chi connectivity index (χ2v) is 7.15. The van der Waals surface area contributed by atoms with Crippen LogP contribution in [0.15, 0.2) is 22.6 Å². The molecule has 1 aromatic heterocycles. The Kier molecular flexibility index (Phi) is 6.82. The van der Waals surface area contributed by atoms with Crippen LogP contribution in [0.1, 0.15) is 52.8 Å². The van der Waals surface area contributed by atoms with Gasteiger partial charge in [0.2, 0.25) is 5.89 Å². The zero-order valence-corrected chi connectivity index (χ0v) is 15.6. The summed E-state index contributed by atoms with van der Waals surface area (Å²) >= 11 is 0. The zero-order chi connectivity index (χ0) is 18.3. The van der Waals surface area contributed by atoms with E-state index in [1.165, 1.54) is 0 Å². The fraction of sp³-hybridized carbons (Fsp3) is 0.579. The molecule has 0 atom stereocenters. The lowest BCUT2D eigenvalue weighted by Gasteiger charge is -2.11. The smallest absolute Gasteiger partial charge is 0.319 e. The SMILES string of the molecule is CCCCOCCCNC(=O)Nc1ccc2oc(C(C)(C)C)nc2c1. The Morgan fingerprint density at radius 1 is 1.24 bits per heavy atom. The number of benzene rings is 1. The Labute approximate surface area is 149 Å². The molecule has 2 amide bonds. The molecule has 25 heavy (non-hydrogen) atoms. The number of nitrogens with zero attached hydrogens (tertiary/aromatic N) is 1. The Bertz CT molecular complexity index is 689. The lowest BCUT2D eigenvalue weighted by molar-refractivity contribution is 0.129. The first-order valence-electron chi connectivity index (χ1n) is 8.94. The predicted octanol–water partition coefficient (Wildman–Crippen LogP) is 4.45. The van der Waals surface area contributed by atoms with Crippen molar-refractivity contribution in [3.05, 3.63) is 24.1 Å². The minimum Gasteiger partial charge on any atom is -0.440 e. The van der Waals surface area contributed by atoms with Gasteiger partial charge < -0.3 is 19.8 Å². The van der Waals surface area contributed by atoms with Gasteiger partial charge in [0.1, 0.15) is 5.52 Å². The van der Waals surface area contributed by atoms with Crippen LogP contribution in [0.5, 0.6) is 0 Å².